The third-order valence-corrected chi connectivity index (χ3v) is 2.30. The van der Waals surface area contributed by atoms with Gasteiger partial charge < -0.3 is 0 Å². The molecule has 1 heterocycles. The van der Waals surface area contributed by atoms with Crippen LogP contribution in [0.4, 0.5) is 0 Å². The zero-order valence-electron chi connectivity index (χ0n) is 8.63. The maximum atomic E-state index is 5.85. The number of rotatable bonds is 2. The van der Waals surface area contributed by atoms with Gasteiger partial charge in [0, 0.05) is 5.69 Å². The maximum absolute atomic E-state index is 5.85. The molecule has 0 N–H and O–H groups in total. The molecule has 0 spiro atoms. The van der Waals surface area contributed by atoms with E-state index in [1.165, 1.54) is 5.56 Å². The van der Waals surface area contributed by atoms with Crippen LogP contribution in [0.1, 0.15) is 50.8 Å². The van der Waals surface area contributed by atoms with E-state index in [-0.39, 0.29) is 0 Å². The van der Waals surface area contributed by atoms with E-state index in [0.29, 0.717) is 17.0 Å². The molecule has 0 aliphatic carbocycles. The fourth-order valence-electron chi connectivity index (χ4n) is 1.41. The maximum Gasteiger partial charge on any atom is 0.129 e. The van der Waals surface area contributed by atoms with E-state index in [0.717, 1.165) is 5.69 Å². The first kappa shape index (κ1) is 10.5. The molecule has 72 valence electrons. The predicted octanol–water partition coefficient (Wildman–Crippen LogP) is 3.98. The quantitative estimate of drug-likeness (QED) is 0.654. The summed E-state index contributed by atoms with van der Waals surface area (Å²) < 4.78 is 0. The van der Waals surface area contributed by atoms with Gasteiger partial charge in [-0.2, -0.15) is 0 Å². The third-order valence-electron chi connectivity index (χ3n) is 2.09. The Morgan fingerprint density at radius 2 is 1.69 bits per heavy atom. The van der Waals surface area contributed by atoms with Crippen LogP contribution in [-0.4, -0.2) is 4.98 Å². The molecule has 0 radical (unpaired) electrons. The van der Waals surface area contributed by atoms with Crippen molar-refractivity contribution in [3.05, 3.63) is 28.5 Å². The van der Waals surface area contributed by atoms with Crippen LogP contribution in [0, 0.1) is 0 Å². The molecule has 0 saturated carbocycles. The fraction of sp³-hybridized carbons (Fsp3) is 0.545. The molecule has 0 aliphatic rings. The van der Waals surface area contributed by atoms with Crippen LogP contribution in [0.5, 0.6) is 0 Å². The molecule has 1 aromatic heterocycles. The molecule has 0 aliphatic heterocycles. The zero-order valence-corrected chi connectivity index (χ0v) is 9.39. The second-order valence-electron chi connectivity index (χ2n) is 3.92. The fourth-order valence-corrected chi connectivity index (χ4v) is 1.57. The Hall–Kier alpha value is -0.560. The van der Waals surface area contributed by atoms with E-state index in [4.69, 9.17) is 11.6 Å². The van der Waals surface area contributed by atoms with Crippen molar-refractivity contribution in [1.29, 1.82) is 0 Å². The highest BCUT2D eigenvalue weighted by Crippen LogP contribution is 2.25. The summed E-state index contributed by atoms with van der Waals surface area (Å²) >= 11 is 5.85. The SMILES string of the molecule is CC(C)c1ccc(Cl)nc1C(C)C. The Bertz CT molecular complexity index is 292. The Kier molecular flexibility index (Phi) is 3.32. The summed E-state index contributed by atoms with van der Waals surface area (Å²) in [7, 11) is 0. The molecule has 0 bridgehead atoms. The molecule has 0 atom stereocenters. The van der Waals surface area contributed by atoms with Crippen LogP contribution >= 0.6 is 11.6 Å². The van der Waals surface area contributed by atoms with Crippen LogP contribution in [0.2, 0.25) is 5.15 Å². The molecular weight excluding hydrogens is 182 g/mol. The number of aromatic nitrogens is 1. The van der Waals surface area contributed by atoms with Gasteiger partial charge in [0.15, 0.2) is 0 Å². The summed E-state index contributed by atoms with van der Waals surface area (Å²) in [6.07, 6.45) is 0. The van der Waals surface area contributed by atoms with E-state index < -0.39 is 0 Å². The van der Waals surface area contributed by atoms with E-state index in [9.17, 15) is 0 Å². The average molecular weight is 198 g/mol. The minimum atomic E-state index is 0.441. The van der Waals surface area contributed by atoms with Gasteiger partial charge in [-0.1, -0.05) is 45.4 Å². The minimum Gasteiger partial charge on any atom is -0.241 e. The van der Waals surface area contributed by atoms with Gasteiger partial charge >= 0.3 is 0 Å². The van der Waals surface area contributed by atoms with Gasteiger partial charge in [-0.05, 0) is 23.5 Å². The topological polar surface area (TPSA) is 12.9 Å². The number of hydrogen-bond acceptors (Lipinski definition) is 1. The molecule has 0 fully saturated rings. The first-order chi connectivity index (χ1) is 6.02. The molecular formula is C11H16ClN. The van der Waals surface area contributed by atoms with E-state index >= 15 is 0 Å². The van der Waals surface area contributed by atoms with Crippen LogP contribution in [0.25, 0.3) is 0 Å². The highest BCUT2D eigenvalue weighted by atomic mass is 35.5. The van der Waals surface area contributed by atoms with E-state index in [2.05, 4.69) is 38.7 Å². The van der Waals surface area contributed by atoms with Crippen molar-refractivity contribution < 1.29 is 0 Å². The van der Waals surface area contributed by atoms with Crippen LogP contribution in [0.15, 0.2) is 12.1 Å². The van der Waals surface area contributed by atoms with Gasteiger partial charge in [0.05, 0.1) is 0 Å². The first-order valence-corrected chi connectivity index (χ1v) is 5.06. The molecule has 1 nitrogen and oxygen atoms in total. The Balaban J connectivity index is 3.19. The second kappa shape index (κ2) is 4.10. The monoisotopic (exact) mass is 197 g/mol. The highest BCUT2D eigenvalue weighted by Gasteiger charge is 2.11. The molecule has 1 rings (SSSR count). The summed E-state index contributed by atoms with van der Waals surface area (Å²) in [5, 5.41) is 0.591. The molecule has 1 aromatic rings. The highest BCUT2D eigenvalue weighted by molar-refractivity contribution is 6.29. The Morgan fingerprint density at radius 3 is 2.15 bits per heavy atom. The van der Waals surface area contributed by atoms with Gasteiger partial charge in [0.2, 0.25) is 0 Å². The first-order valence-electron chi connectivity index (χ1n) is 4.68. The lowest BCUT2D eigenvalue weighted by Gasteiger charge is -2.14. The number of pyridine rings is 1. The molecule has 0 saturated heterocycles. The summed E-state index contributed by atoms with van der Waals surface area (Å²) in [6, 6.07) is 3.94. The largest absolute Gasteiger partial charge is 0.241 e. The average Bonchev–Trinajstić information content (AvgIpc) is 2.03. The van der Waals surface area contributed by atoms with Crippen molar-refractivity contribution in [3.8, 4) is 0 Å². The van der Waals surface area contributed by atoms with Crippen LogP contribution in [-0.2, 0) is 0 Å². The standard InChI is InChI=1S/C11H16ClN/c1-7(2)9-5-6-10(12)13-11(9)8(3)4/h5-8H,1-4H3. The van der Waals surface area contributed by atoms with E-state index in [1.807, 2.05) is 6.07 Å². The molecule has 0 aromatic carbocycles. The van der Waals surface area contributed by atoms with Gasteiger partial charge in [0.1, 0.15) is 5.15 Å². The normalized spacial score (nSPS) is 11.3. The minimum absolute atomic E-state index is 0.441. The van der Waals surface area contributed by atoms with Gasteiger partial charge in [-0.15, -0.1) is 0 Å². The lowest BCUT2D eigenvalue weighted by atomic mass is 9.96. The molecule has 0 unspecified atom stereocenters. The second-order valence-corrected chi connectivity index (χ2v) is 4.31. The Morgan fingerprint density at radius 1 is 1.08 bits per heavy atom. The van der Waals surface area contributed by atoms with Gasteiger partial charge in [-0.25, -0.2) is 4.98 Å². The smallest absolute Gasteiger partial charge is 0.129 e. The molecule has 0 amide bonds. The van der Waals surface area contributed by atoms with Crippen molar-refractivity contribution in [2.45, 2.75) is 39.5 Å². The van der Waals surface area contributed by atoms with E-state index in [1.54, 1.807) is 0 Å². The van der Waals surface area contributed by atoms with Crippen molar-refractivity contribution >= 4 is 11.6 Å². The lowest BCUT2D eigenvalue weighted by molar-refractivity contribution is 0.757. The van der Waals surface area contributed by atoms with Crippen molar-refractivity contribution in [2.24, 2.45) is 0 Å². The molecule has 2 heteroatoms. The summed E-state index contributed by atoms with van der Waals surface area (Å²) in [5.41, 5.74) is 2.43. The number of halogens is 1. The third kappa shape index (κ3) is 2.44. The van der Waals surface area contributed by atoms with Crippen LogP contribution < -0.4 is 0 Å². The van der Waals surface area contributed by atoms with Crippen molar-refractivity contribution in [3.63, 3.8) is 0 Å². The number of nitrogens with zero attached hydrogens (tertiary/aromatic N) is 1. The lowest BCUT2D eigenvalue weighted by Crippen LogP contribution is -2.01. The zero-order chi connectivity index (χ0) is 10.0. The van der Waals surface area contributed by atoms with Crippen molar-refractivity contribution in [2.75, 3.05) is 0 Å². The van der Waals surface area contributed by atoms with Gasteiger partial charge in [0.25, 0.3) is 0 Å². The summed E-state index contributed by atoms with van der Waals surface area (Å²) in [6.45, 7) is 8.64. The molecule has 13 heavy (non-hydrogen) atoms. The predicted molar refractivity (Wildman–Crippen MR) is 57.4 cm³/mol. The van der Waals surface area contributed by atoms with Crippen LogP contribution in [0.3, 0.4) is 0 Å². The number of hydrogen-bond donors (Lipinski definition) is 0. The summed E-state index contributed by atoms with van der Waals surface area (Å²) in [5.74, 6) is 0.957. The summed E-state index contributed by atoms with van der Waals surface area (Å²) in [4.78, 5) is 4.36. The Labute approximate surface area is 85.1 Å². The van der Waals surface area contributed by atoms with Crippen molar-refractivity contribution in [1.82, 2.24) is 4.98 Å². The van der Waals surface area contributed by atoms with Gasteiger partial charge in [-0.3, -0.25) is 0 Å².